The summed E-state index contributed by atoms with van der Waals surface area (Å²) < 4.78 is 18.7. The summed E-state index contributed by atoms with van der Waals surface area (Å²) in [6.45, 7) is 4.05. The highest BCUT2D eigenvalue weighted by molar-refractivity contribution is 7.09. The molecule has 27 heavy (non-hydrogen) atoms. The van der Waals surface area contributed by atoms with Gasteiger partial charge in [-0.25, -0.2) is 14.4 Å². The average Bonchev–Trinajstić information content (AvgIpc) is 3.19. The monoisotopic (exact) mass is 384 g/mol. The van der Waals surface area contributed by atoms with Gasteiger partial charge in [0.05, 0.1) is 13.1 Å². The molecule has 0 aliphatic heterocycles. The van der Waals surface area contributed by atoms with Crippen LogP contribution in [0.25, 0.3) is 0 Å². The molecule has 1 aromatic carbocycles. The summed E-state index contributed by atoms with van der Waals surface area (Å²) in [6, 6.07) is 13.7. The molecule has 2 heterocycles. The summed E-state index contributed by atoms with van der Waals surface area (Å²) in [7, 11) is 0. The lowest BCUT2D eigenvalue weighted by molar-refractivity contribution is 0.457. The van der Waals surface area contributed by atoms with Gasteiger partial charge in [-0.05, 0) is 36.1 Å². The van der Waals surface area contributed by atoms with Crippen LogP contribution in [0.1, 0.15) is 17.4 Å². The normalized spacial score (nSPS) is 11.3. The van der Waals surface area contributed by atoms with Crippen molar-refractivity contribution >= 4 is 17.3 Å². The Bertz CT molecular complexity index is 866. The second-order valence-corrected chi connectivity index (χ2v) is 6.72. The third kappa shape index (κ3) is 6.07. The molecule has 0 amide bonds. The van der Waals surface area contributed by atoms with E-state index in [1.165, 1.54) is 17.0 Å². The molecule has 0 spiro atoms. The van der Waals surface area contributed by atoms with E-state index in [9.17, 15) is 4.39 Å². The van der Waals surface area contributed by atoms with E-state index in [0.717, 1.165) is 24.6 Å². The first-order chi connectivity index (χ1) is 13.2. The lowest BCUT2D eigenvalue weighted by Gasteiger charge is -2.10. The van der Waals surface area contributed by atoms with Crippen molar-refractivity contribution in [2.75, 3.05) is 6.54 Å². The number of hydrogen-bond donors (Lipinski definition) is 2. The minimum Gasteiger partial charge on any atom is -0.439 e. The van der Waals surface area contributed by atoms with Gasteiger partial charge in [0.2, 0.25) is 5.88 Å². The van der Waals surface area contributed by atoms with Crippen LogP contribution in [-0.2, 0) is 13.1 Å². The molecule has 0 radical (unpaired) electrons. The summed E-state index contributed by atoms with van der Waals surface area (Å²) in [5, 5.41) is 8.59. The van der Waals surface area contributed by atoms with Crippen molar-refractivity contribution in [3.05, 3.63) is 76.4 Å². The number of nitrogens with zero attached hydrogens (tertiary/aromatic N) is 2. The van der Waals surface area contributed by atoms with Gasteiger partial charge < -0.3 is 15.4 Å². The van der Waals surface area contributed by atoms with Gasteiger partial charge in [0.25, 0.3) is 0 Å². The lowest BCUT2D eigenvalue weighted by atomic mass is 10.3. The van der Waals surface area contributed by atoms with Gasteiger partial charge in [0.15, 0.2) is 5.96 Å². The Morgan fingerprint density at radius 2 is 2.11 bits per heavy atom. The van der Waals surface area contributed by atoms with Crippen molar-refractivity contribution in [1.82, 2.24) is 15.6 Å². The fourth-order valence-corrected chi connectivity index (χ4v) is 2.96. The lowest BCUT2D eigenvalue weighted by Crippen LogP contribution is -2.36. The van der Waals surface area contributed by atoms with Crippen LogP contribution in [0, 0.1) is 5.82 Å². The van der Waals surface area contributed by atoms with E-state index < -0.39 is 0 Å². The molecule has 0 bridgehead atoms. The third-order valence-corrected chi connectivity index (χ3v) is 4.47. The predicted molar refractivity (Wildman–Crippen MR) is 107 cm³/mol. The second-order valence-electron chi connectivity index (χ2n) is 5.69. The van der Waals surface area contributed by atoms with E-state index in [1.54, 1.807) is 35.7 Å². The second kappa shape index (κ2) is 9.68. The van der Waals surface area contributed by atoms with Crippen molar-refractivity contribution in [3.8, 4) is 11.6 Å². The van der Waals surface area contributed by atoms with Crippen molar-refractivity contribution in [1.29, 1.82) is 0 Å². The summed E-state index contributed by atoms with van der Waals surface area (Å²) in [5.74, 6) is 1.24. The molecule has 0 saturated carbocycles. The first-order valence-electron chi connectivity index (χ1n) is 8.66. The van der Waals surface area contributed by atoms with Crippen LogP contribution >= 0.6 is 11.3 Å². The number of ether oxygens (including phenoxy) is 1. The maximum Gasteiger partial charge on any atom is 0.219 e. The minimum absolute atomic E-state index is 0.343. The number of thiophene rings is 1. The molecule has 0 unspecified atom stereocenters. The fourth-order valence-electron chi connectivity index (χ4n) is 2.31. The quantitative estimate of drug-likeness (QED) is 0.470. The van der Waals surface area contributed by atoms with Crippen LogP contribution in [0.3, 0.4) is 0 Å². The van der Waals surface area contributed by atoms with E-state index in [-0.39, 0.29) is 5.82 Å². The maximum atomic E-state index is 13.2. The smallest absolute Gasteiger partial charge is 0.219 e. The molecule has 7 heteroatoms. The zero-order valence-corrected chi connectivity index (χ0v) is 15.8. The maximum absolute atomic E-state index is 13.2. The van der Waals surface area contributed by atoms with Crippen molar-refractivity contribution in [2.45, 2.75) is 20.0 Å². The molecular formula is C20H21FN4OS. The number of rotatable bonds is 7. The van der Waals surface area contributed by atoms with E-state index in [4.69, 9.17) is 4.74 Å². The van der Waals surface area contributed by atoms with Gasteiger partial charge in [-0.3, -0.25) is 0 Å². The number of halogens is 1. The summed E-state index contributed by atoms with van der Waals surface area (Å²) >= 11 is 1.71. The van der Waals surface area contributed by atoms with Gasteiger partial charge in [-0.1, -0.05) is 18.2 Å². The van der Waals surface area contributed by atoms with Crippen LogP contribution in [-0.4, -0.2) is 17.5 Å². The molecule has 3 aromatic rings. The number of aromatic nitrogens is 1. The highest BCUT2D eigenvalue weighted by atomic mass is 32.1. The molecule has 5 nitrogen and oxygen atoms in total. The topological polar surface area (TPSA) is 58.5 Å². The molecule has 0 atom stereocenters. The van der Waals surface area contributed by atoms with Crippen LogP contribution in [0.2, 0.25) is 0 Å². The number of nitrogens with one attached hydrogen (secondary N) is 2. The minimum atomic E-state index is -0.343. The Hall–Kier alpha value is -2.93. The highest BCUT2D eigenvalue weighted by Crippen LogP contribution is 2.20. The first-order valence-corrected chi connectivity index (χ1v) is 9.54. The van der Waals surface area contributed by atoms with Gasteiger partial charge in [0.1, 0.15) is 11.6 Å². The predicted octanol–water partition coefficient (Wildman–Crippen LogP) is 4.33. The number of guanidine groups is 1. The molecule has 140 valence electrons. The van der Waals surface area contributed by atoms with E-state index >= 15 is 0 Å². The number of aliphatic imine (C=N–C) groups is 1. The Morgan fingerprint density at radius 3 is 2.81 bits per heavy atom. The fraction of sp³-hybridized carbons (Fsp3) is 0.200. The zero-order valence-electron chi connectivity index (χ0n) is 15.0. The van der Waals surface area contributed by atoms with Crippen molar-refractivity contribution in [3.63, 3.8) is 0 Å². The van der Waals surface area contributed by atoms with Crippen molar-refractivity contribution < 1.29 is 9.13 Å². The van der Waals surface area contributed by atoms with Crippen molar-refractivity contribution in [2.24, 2.45) is 4.99 Å². The largest absolute Gasteiger partial charge is 0.439 e. The molecule has 2 aromatic heterocycles. The SMILES string of the molecule is CCNC(=NCc1ccc(Oc2cccc(F)c2)nc1)NCc1cccs1. The third-order valence-electron chi connectivity index (χ3n) is 3.59. The molecule has 0 fully saturated rings. The Morgan fingerprint density at radius 1 is 1.19 bits per heavy atom. The first kappa shape index (κ1) is 18.8. The molecule has 0 aliphatic carbocycles. The Labute approximate surface area is 162 Å². The number of benzene rings is 1. The van der Waals surface area contributed by atoms with Crippen LogP contribution in [0.4, 0.5) is 4.39 Å². The zero-order chi connectivity index (χ0) is 18.9. The van der Waals surface area contributed by atoms with Gasteiger partial charge in [-0.15, -0.1) is 11.3 Å². The number of hydrogen-bond acceptors (Lipinski definition) is 4. The Kier molecular flexibility index (Phi) is 6.76. The molecule has 2 N–H and O–H groups in total. The van der Waals surface area contributed by atoms with E-state index in [0.29, 0.717) is 18.2 Å². The van der Waals surface area contributed by atoms with Crippen LogP contribution < -0.4 is 15.4 Å². The molecular weight excluding hydrogens is 363 g/mol. The van der Waals surface area contributed by atoms with Gasteiger partial charge in [-0.2, -0.15) is 0 Å². The molecule has 0 aliphatic rings. The van der Waals surface area contributed by atoms with Crippen LogP contribution in [0.5, 0.6) is 11.6 Å². The summed E-state index contributed by atoms with van der Waals surface area (Å²) in [4.78, 5) is 10.1. The average molecular weight is 384 g/mol. The molecule has 3 rings (SSSR count). The molecule has 0 saturated heterocycles. The van der Waals surface area contributed by atoms with Gasteiger partial charge in [0, 0.05) is 29.8 Å². The summed E-state index contributed by atoms with van der Waals surface area (Å²) in [5.41, 5.74) is 0.954. The summed E-state index contributed by atoms with van der Waals surface area (Å²) in [6.07, 6.45) is 1.71. The Balaban J connectivity index is 1.57. The van der Waals surface area contributed by atoms with E-state index in [2.05, 4.69) is 32.1 Å². The van der Waals surface area contributed by atoms with Crippen LogP contribution in [0.15, 0.2) is 65.1 Å². The standard InChI is InChI=1S/C20H21FN4OS/c1-2-22-20(25-14-18-7-4-10-27-18)24-13-15-8-9-19(23-12-15)26-17-6-3-5-16(21)11-17/h3-12H,2,13-14H2,1H3,(H2,22,24,25). The van der Waals surface area contributed by atoms with E-state index in [1.807, 2.05) is 19.1 Å². The van der Waals surface area contributed by atoms with Gasteiger partial charge >= 0.3 is 0 Å². The number of pyridine rings is 1. The highest BCUT2D eigenvalue weighted by Gasteiger charge is 2.02.